The van der Waals surface area contributed by atoms with Gasteiger partial charge in [-0.15, -0.1) is 11.3 Å². The minimum absolute atomic E-state index is 0.235. The molecule has 1 aromatic heterocycles. The Morgan fingerprint density at radius 3 is 2.70 bits per heavy atom. The lowest BCUT2D eigenvalue weighted by Crippen LogP contribution is -2.22. The minimum Gasteiger partial charge on any atom is -0.313 e. The summed E-state index contributed by atoms with van der Waals surface area (Å²) < 4.78 is 39.8. The summed E-state index contributed by atoms with van der Waals surface area (Å²) in [7, 11) is 1.65. The van der Waals surface area contributed by atoms with Gasteiger partial charge in [0.15, 0.2) is 0 Å². The van der Waals surface area contributed by atoms with E-state index in [0.29, 0.717) is 10.9 Å². The predicted octanol–water partition coefficient (Wildman–Crippen LogP) is 4.43. The molecule has 0 aliphatic carbocycles. The molecule has 1 N–H and O–H groups in total. The lowest BCUT2D eigenvalue weighted by molar-refractivity contribution is -0.138. The van der Waals surface area contributed by atoms with E-state index >= 15 is 0 Å². The highest BCUT2D eigenvalue weighted by Gasteiger charge is 2.35. The van der Waals surface area contributed by atoms with Crippen LogP contribution in [0.1, 0.15) is 22.2 Å². The SMILES string of the molecule is CNC(Cc1nccs1)c1ccc(Br)cc1C(F)(F)F. The number of likely N-dealkylation sites (N-methyl/N-ethyl adjacent to an activating group) is 1. The standard InChI is InChI=1S/C13H12BrF3N2S/c1-18-11(7-12-19-4-5-20-12)9-3-2-8(14)6-10(9)13(15,16)17/h2-6,11,18H,7H2,1H3. The second-order valence-electron chi connectivity index (χ2n) is 4.20. The van der Waals surface area contributed by atoms with E-state index in [-0.39, 0.29) is 5.56 Å². The third-order valence-corrected chi connectivity index (χ3v) is 4.20. The number of aromatic nitrogens is 1. The van der Waals surface area contributed by atoms with Gasteiger partial charge in [-0.2, -0.15) is 13.2 Å². The molecule has 2 aromatic rings. The van der Waals surface area contributed by atoms with Gasteiger partial charge in [-0.05, 0) is 24.7 Å². The number of hydrogen-bond donors (Lipinski definition) is 1. The molecule has 1 unspecified atom stereocenters. The maximum absolute atomic E-state index is 13.1. The van der Waals surface area contributed by atoms with Crippen molar-refractivity contribution in [3.8, 4) is 0 Å². The number of halogens is 4. The first kappa shape index (κ1) is 15.5. The van der Waals surface area contributed by atoms with Gasteiger partial charge in [0, 0.05) is 28.5 Å². The van der Waals surface area contributed by atoms with Crippen LogP contribution in [0, 0.1) is 0 Å². The van der Waals surface area contributed by atoms with Gasteiger partial charge >= 0.3 is 6.18 Å². The quantitative estimate of drug-likeness (QED) is 0.867. The number of nitrogens with one attached hydrogen (secondary N) is 1. The van der Waals surface area contributed by atoms with Crippen LogP contribution in [-0.4, -0.2) is 12.0 Å². The summed E-state index contributed by atoms with van der Waals surface area (Å²) in [5, 5.41) is 5.56. The first-order valence-corrected chi connectivity index (χ1v) is 7.51. The van der Waals surface area contributed by atoms with Crippen molar-refractivity contribution in [2.45, 2.75) is 18.6 Å². The van der Waals surface area contributed by atoms with Crippen LogP contribution in [0.2, 0.25) is 0 Å². The second-order valence-corrected chi connectivity index (χ2v) is 6.10. The summed E-state index contributed by atoms with van der Waals surface area (Å²) in [6.07, 6.45) is -2.30. The number of hydrogen-bond acceptors (Lipinski definition) is 3. The number of rotatable bonds is 4. The van der Waals surface area contributed by atoms with Crippen LogP contribution in [0.3, 0.4) is 0 Å². The number of alkyl halides is 3. The highest BCUT2D eigenvalue weighted by Crippen LogP contribution is 2.37. The monoisotopic (exact) mass is 364 g/mol. The smallest absolute Gasteiger partial charge is 0.313 e. The van der Waals surface area contributed by atoms with Crippen LogP contribution < -0.4 is 5.32 Å². The maximum atomic E-state index is 13.1. The zero-order valence-corrected chi connectivity index (χ0v) is 12.9. The third-order valence-electron chi connectivity index (χ3n) is 2.91. The van der Waals surface area contributed by atoms with Crippen molar-refractivity contribution < 1.29 is 13.2 Å². The lowest BCUT2D eigenvalue weighted by atomic mass is 9.98. The van der Waals surface area contributed by atoms with Crippen molar-refractivity contribution in [1.82, 2.24) is 10.3 Å². The summed E-state index contributed by atoms with van der Waals surface area (Å²) in [4.78, 5) is 4.13. The van der Waals surface area contributed by atoms with Crippen LogP contribution in [0.25, 0.3) is 0 Å². The molecule has 1 heterocycles. The van der Waals surface area contributed by atoms with Gasteiger partial charge in [0.05, 0.1) is 10.6 Å². The number of thiazole rings is 1. The third kappa shape index (κ3) is 3.59. The second kappa shape index (κ2) is 6.24. The highest BCUT2D eigenvalue weighted by molar-refractivity contribution is 9.10. The van der Waals surface area contributed by atoms with E-state index in [9.17, 15) is 13.2 Å². The Labute approximate surface area is 127 Å². The lowest BCUT2D eigenvalue weighted by Gasteiger charge is -2.21. The molecule has 108 valence electrons. The molecule has 0 bridgehead atoms. The summed E-state index contributed by atoms with van der Waals surface area (Å²) in [6.45, 7) is 0. The molecule has 0 amide bonds. The fraction of sp³-hybridized carbons (Fsp3) is 0.308. The molecule has 0 fully saturated rings. The zero-order valence-electron chi connectivity index (χ0n) is 10.5. The van der Waals surface area contributed by atoms with Crippen molar-refractivity contribution in [1.29, 1.82) is 0 Å². The summed E-state index contributed by atoms with van der Waals surface area (Å²) in [6, 6.07) is 3.81. The van der Waals surface area contributed by atoms with Crippen molar-refractivity contribution >= 4 is 27.3 Å². The van der Waals surface area contributed by atoms with Crippen LogP contribution >= 0.6 is 27.3 Å². The summed E-state index contributed by atoms with van der Waals surface area (Å²) in [5.41, 5.74) is -0.388. The predicted molar refractivity (Wildman–Crippen MR) is 76.8 cm³/mol. The molecule has 0 spiro atoms. The van der Waals surface area contributed by atoms with Gasteiger partial charge in [0.2, 0.25) is 0 Å². The fourth-order valence-corrected chi connectivity index (χ4v) is 3.00. The van der Waals surface area contributed by atoms with Gasteiger partial charge in [-0.25, -0.2) is 4.98 Å². The summed E-state index contributed by atoms with van der Waals surface area (Å²) >= 11 is 4.53. The summed E-state index contributed by atoms with van der Waals surface area (Å²) in [5.74, 6) is 0. The molecule has 1 atom stereocenters. The van der Waals surface area contributed by atoms with Crippen molar-refractivity contribution in [3.63, 3.8) is 0 Å². The van der Waals surface area contributed by atoms with Crippen LogP contribution in [-0.2, 0) is 12.6 Å². The van der Waals surface area contributed by atoms with Crippen LogP contribution in [0.15, 0.2) is 34.2 Å². The molecular formula is C13H12BrF3N2S. The van der Waals surface area contributed by atoms with Crippen molar-refractivity contribution in [2.75, 3.05) is 7.05 Å². The molecule has 0 saturated heterocycles. The largest absolute Gasteiger partial charge is 0.416 e. The van der Waals surface area contributed by atoms with E-state index in [0.717, 1.165) is 11.1 Å². The molecule has 0 saturated carbocycles. The maximum Gasteiger partial charge on any atom is 0.416 e. The molecule has 2 nitrogen and oxygen atoms in total. The van der Waals surface area contributed by atoms with E-state index in [2.05, 4.69) is 26.2 Å². The van der Waals surface area contributed by atoms with Crippen molar-refractivity contribution in [3.05, 3.63) is 50.4 Å². The normalized spacial score (nSPS) is 13.4. The fourth-order valence-electron chi connectivity index (χ4n) is 1.97. The van der Waals surface area contributed by atoms with E-state index in [1.165, 1.54) is 17.4 Å². The molecule has 0 aliphatic rings. The van der Waals surface area contributed by atoms with Gasteiger partial charge in [-0.3, -0.25) is 0 Å². The van der Waals surface area contributed by atoms with E-state index in [1.807, 2.05) is 5.38 Å². The van der Waals surface area contributed by atoms with E-state index < -0.39 is 17.8 Å². The number of nitrogens with zero attached hydrogens (tertiary/aromatic N) is 1. The Bertz CT molecular complexity index is 569. The average molecular weight is 365 g/mol. The molecule has 7 heteroatoms. The van der Waals surface area contributed by atoms with E-state index in [1.54, 1.807) is 19.3 Å². The highest BCUT2D eigenvalue weighted by atomic mass is 79.9. The Hall–Kier alpha value is -0.920. The van der Waals surface area contributed by atoms with Gasteiger partial charge in [0.1, 0.15) is 0 Å². The van der Waals surface area contributed by atoms with Crippen LogP contribution in [0.4, 0.5) is 13.2 Å². The van der Waals surface area contributed by atoms with E-state index in [4.69, 9.17) is 0 Å². The van der Waals surface area contributed by atoms with Gasteiger partial charge in [-0.1, -0.05) is 22.0 Å². The van der Waals surface area contributed by atoms with Crippen LogP contribution in [0.5, 0.6) is 0 Å². The van der Waals surface area contributed by atoms with Gasteiger partial charge in [0.25, 0.3) is 0 Å². The Balaban J connectivity index is 2.38. The number of benzene rings is 1. The van der Waals surface area contributed by atoms with Crippen molar-refractivity contribution in [2.24, 2.45) is 0 Å². The molecule has 0 radical (unpaired) electrons. The zero-order chi connectivity index (χ0) is 14.8. The molecule has 2 rings (SSSR count). The first-order valence-electron chi connectivity index (χ1n) is 5.84. The van der Waals surface area contributed by atoms with Gasteiger partial charge < -0.3 is 5.32 Å². The topological polar surface area (TPSA) is 24.9 Å². The molecule has 0 aliphatic heterocycles. The first-order chi connectivity index (χ1) is 9.41. The molecule has 1 aromatic carbocycles. The molecular weight excluding hydrogens is 353 g/mol. The average Bonchev–Trinajstić information content (AvgIpc) is 2.88. The molecule has 20 heavy (non-hydrogen) atoms. The Kier molecular flexibility index (Phi) is 4.82. The Morgan fingerprint density at radius 2 is 2.15 bits per heavy atom. The minimum atomic E-state index is -4.38. The Morgan fingerprint density at radius 1 is 1.40 bits per heavy atom.